The summed E-state index contributed by atoms with van der Waals surface area (Å²) >= 11 is 1.75. The molecule has 2 nitrogen and oxygen atoms in total. The van der Waals surface area contributed by atoms with Crippen LogP contribution in [0.15, 0.2) is 23.7 Å². The van der Waals surface area contributed by atoms with Crippen LogP contribution < -0.4 is 5.32 Å². The van der Waals surface area contributed by atoms with Gasteiger partial charge in [-0.2, -0.15) is 0 Å². The average molecular weight is 258 g/mol. The number of hydrogen-bond donors (Lipinski definition) is 1. The number of thiophene rings is 1. The van der Waals surface area contributed by atoms with E-state index in [4.69, 9.17) is 0 Å². The molecule has 18 heavy (non-hydrogen) atoms. The molecule has 1 N–H and O–H groups in total. The van der Waals surface area contributed by atoms with Gasteiger partial charge in [-0.05, 0) is 43.0 Å². The monoisotopic (exact) mass is 258 g/mol. The molecule has 0 aromatic carbocycles. The van der Waals surface area contributed by atoms with E-state index in [0.29, 0.717) is 6.04 Å². The quantitative estimate of drug-likeness (QED) is 0.826. The molecular weight excluding hydrogens is 240 g/mol. The van der Waals surface area contributed by atoms with Crippen LogP contribution in [-0.2, 0) is 0 Å². The van der Waals surface area contributed by atoms with Crippen LogP contribution in [0.25, 0.3) is 10.2 Å². The second-order valence-corrected chi connectivity index (χ2v) is 5.10. The average Bonchev–Trinajstić information content (AvgIpc) is 2.85. The summed E-state index contributed by atoms with van der Waals surface area (Å²) in [7, 11) is 0. The molecule has 2 rings (SSSR count). The summed E-state index contributed by atoms with van der Waals surface area (Å²) in [6.07, 6.45) is 3.95. The number of nitrogens with one attached hydrogen (secondary N) is 1. The molecule has 2 aromatic rings. The van der Waals surface area contributed by atoms with Gasteiger partial charge in [-0.1, -0.05) is 6.92 Å². The van der Waals surface area contributed by atoms with Crippen molar-refractivity contribution in [2.24, 2.45) is 0 Å². The number of hydrogen-bond acceptors (Lipinski definition) is 3. The standard InChI is InChI=1S/C15H18N2S/c1-3-5-6-7-13(16-4-2)12-10-15-14(17-11-12)8-9-18-15/h8-11,13,16H,4,6-7H2,1-2H3. The van der Waals surface area contributed by atoms with Gasteiger partial charge in [0.1, 0.15) is 0 Å². The Morgan fingerprint density at radius 2 is 2.39 bits per heavy atom. The second-order valence-electron chi connectivity index (χ2n) is 4.15. The fraction of sp³-hybridized carbons (Fsp3) is 0.400. The lowest BCUT2D eigenvalue weighted by atomic mass is 10.0. The Kier molecular flexibility index (Phi) is 4.74. The number of rotatable bonds is 5. The van der Waals surface area contributed by atoms with Crippen molar-refractivity contribution in [2.45, 2.75) is 32.7 Å². The molecule has 0 fully saturated rings. The van der Waals surface area contributed by atoms with E-state index >= 15 is 0 Å². The molecule has 0 saturated carbocycles. The minimum atomic E-state index is 0.356. The molecule has 0 aliphatic heterocycles. The van der Waals surface area contributed by atoms with E-state index in [1.54, 1.807) is 11.3 Å². The number of fused-ring (bicyclic) bond motifs is 1. The van der Waals surface area contributed by atoms with Gasteiger partial charge in [0.15, 0.2) is 0 Å². The third kappa shape index (κ3) is 3.10. The topological polar surface area (TPSA) is 24.9 Å². The summed E-state index contributed by atoms with van der Waals surface area (Å²) in [5, 5.41) is 5.60. The Bertz CT molecular complexity index is 562. The lowest BCUT2D eigenvalue weighted by molar-refractivity contribution is 0.522. The molecule has 3 heteroatoms. The van der Waals surface area contributed by atoms with E-state index in [0.717, 1.165) is 24.9 Å². The Labute approximate surface area is 112 Å². The third-order valence-corrected chi connectivity index (χ3v) is 3.76. The highest BCUT2D eigenvalue weighted by Gasteiger charge is 2.11. The molecule has 0 amide bonds. The maximum atomic E-state index is 4.51. The maximum Gasteiger partial charge on any atom is 0.0809 e. The van der Waals surface area contributed by atoms with Gasteiger partial charge in [0.2, 0.25) is 0 Å². The first-order chi connectivity index (χ1) is 8.85. The van der Waals surface area contributed by atoms with Gasteiger partial charge in [0, 0.05) is 18.7 Å². The number of pyridine rings is 1. The maximum absolute atomic E-state index is 4.51. The minimum Gasteiger partial charge on any atom is -0.310 e. The van der Waals surface area contributed by atoms with Crippen molar-refractivity contribution < 1.29 is 0 Å². The Hall–Kier alpha value is -1.37. The van der Waals surface area contributed by atoms with Crippen LogP contribution in [0.3, 0.4) is 0 Å². The van der Waals surface area contributed by atoms with Gasteiger partial charge in [-0.25, -0.2) is 0 Å². The van der Waals surface area contributed by atoms with Gasteiger partial charge >= 0.3 is 0 Å². The van der Waals surface area contributed by atoms with Crippen LogP contribution >= 0.6 is 11.3 Å². The first kappa shape index (κ1) is 13.1. The summed E-state index contributed by atoms with van der Waals surface area (Å²) in [4.78, 5) is 4.51. The zero-order valence-corrected chi connectivity index (χ0v) is 11.7. The van der Waals surface area contributed by atoms with Crippen LogP contribution in [-0.4, -0.2) is 11.5 Å². The SMILES string of the molecule is CC#CCCC(NCC)c1cnc2ccsc2c1. The fourth-order valence-corrected chi connectivity index (χ4v) is 2.82. The molecule has 0 bridgehead atoms. The van der Waals surface area contributed by atoms with Crippen molar-refractivity contribution in [3.63, 3.8) is 0 Å². The van der Waals surface area contributed by atoms with Crippen LogP contribution in [0.2, 0.25) is 0 Å². The predicted octanol–water partition coefficient (Wildman–Crippen LogP) is 3.75. The van der Waals surface area contributed by atoms with Crippen LogP contribution in [0.5, 0.6) is 0 Å². The van der Waals surface area contributed by atoms with E-state index in [1.807, 2.05) is 13.1 Å². The molecule has 1 unspecified atom stereocenters. The smallest absolute Gasteiger partial charge is 0.0809 e. The summed E-state index contributed by atoms with van der Waals surface area (Å²) in [6, 6.07) is 4.67. The van der Waals surface area contributed by atoms with Crippen molar-refractivity contribution in [3.05, 3.63) is 29.3 Å². The zero-order chi connectivity index (χ0) is 12.8. The van der Waals surface area contributed by atoms with Crippen molar-refractivity contribution >= 4 is 21.6 Å². The molecule has 2 heterocycles. The number of aromatic nitrogens is 1. The Morgan fingerprint density at radius 1 is 1.50 bits per heavy atom. The normalized spacial score (nSPS) is 12.1. The van der Waals surface area contributed by atoms with Gasteiger partial charge in [0.05, 0.1) is 10.2 Å². The van der Waals surface area contributed by atoms with Gasteiger partial charge in [-0.15, -0.1) is 23.2 Å². The molecule has 2 aromatic heterocycles. The van der Waals surface area contributed by atoms with Gasteiger partial charge in [0.25, 0.3) is 0 Å². The molecule has 0 aliphatic carbocycles. The van der Waals surface area contributed by atoms with E-state index in [1.165, 1.54) is 10.3 Å². The first-order valence-electron chi connectivity index (χ1n) is 6.31. The van der Waals surface area contributed by atoms with Crippen molar-refractivity contribution in [1.82, 2.24) is 10.3 Å². The highest BCUT2D eigenvalue weighted by molar-refractivity contribution is 7.17. The molecule has 0 aliphatic rings. The molecule has 0 saturated heterocycles. The zero-order valence-electron chi connectivity index (χ0n) is 10.9. The van der Waals surface area contributed by atoms with Crippen molar-refractivity contribution in [1.29, 1.82) is 0 Å². The summed E-state index contributed by atoms with van der Waals surface area (Å²) in [6.45, 7) is 4.99. The molecular formula is C15H18N2S. The van der Waals surface area contributed by atoms with Gasteiger partial charge in [-0.3, -0.25) is 4.98 Å². The summed E-state index contributed by atoms with van der Waals surface area (Å²) in [5.74, 6) is 6.08. The molecule has 94 valence electrons. The lowest BCUT2D eigenvalue weighted by Gasteiger charge is -2.16. The third-order valence-electron chi connectivity index (χ3n) is 2.91. The highest BCUT2D eigenvalue weighted by atomic mass is 32.1. The Morgan fingerprint density at radius 3 is 3.17 bits per heavy atom. The van der Waals surface area contributed by atoms with E-state index < -0.39 is 0 Å². The van der Waals surface area contributed by atoms with E-state index in [2.05, 4.69) is 46.6 Å². The van der Waals surface area contributed by atoms with E-state index in [-0.39, 0.29) is 0 Å². The predicted molar refractivity (Wildman–Crippen MR) is 78.7 cm³/mol. The minimum absolute atomic E-state index is 0.356. The lowest BCUT2D eigenvalue weighted by Crippen LogP contribution is -2.20. The first-order valence-corrected chi connectivity index (χ1v) is 7.19. The molecule has 1 atom stereocenters. The fourth-order valence-electron chi connectivity index (χ4n) is 2.03. The number of nitrogens with zero attached hydrogens (tertiary/aromatic N) is 1. The highest BCUT2D eigenvalue weighted by Crippen LogP contribution is 2.24. The van der Waals surface area contributed by atoms with E-state index in [9.17, 15) is 0 Å². The van der Waals surface area contributed by atoms with Crippen molar-refractivity contribution in [3.8, 4) is 11.8 Å². The van der Waals surface area contributed by atoms with Gasteiger partial charge < -0.3 is 5.32 Å². The largest absolute Gasteiger partial charge is 0.310 e. The summed E-state index contributed by atoms with van der Waals surface area (Å²) in [5.41, 5.74) is 2.36. The second kappa shape index (κ2) is 6.53. The van der Waals surface area contributed by atoms with Crippen LogP contribution in [0, 0.1) is 11.8 Å². The summed E-state index contributed by atoms with van der Waals surface area (Å²) < 4.78 is 1.26. The van der Waals surface area contributed by atoms with Crippen LogP contribution in [0.1, 0.15) is 38.3 Å². The molecule has 0 radical (unpaired) electrons. The Balaban J connectivity index is 2.18. The van der Waals surface area contributed by atoms with Crippen molar-refractivity contribution in [2.75, 3.05) is 6.54 Å². The van der Waals surface area contributed by atoms with Crippen LogP contribution in [0.4, 0.5) is 0 Å². The molecule has 0 spiro atoms.